The quantitative estimate of drug-likeness (QED) is 0.704. The van der Waals surface area contributed by atoms with Crippen molar-refractivity contribution in [3.8, 4) is 5.75 Å². The summed E-state index contributed by atoms with van der Waals surface area (Å²) in [5.41, 5.74) is 1.44. The van der Waals surface area contributed by atoms with E-state index in [1.54, 1.807) is 24.3 Å². The van der Waals surface area contributed by atoms with E-state index in [9.17, 15) is 9.18 Å². The number of methoxy groups -OCH3 is 1. The van der Waals surface area contributed by atoms with Gasteiger partial charge in [-0.2, -0.15) is 0 Å². The molecule has 0 saturated heterocycles. The van der Waals surface area contributed by atoms with Gasteiger partial charge in [-0.3, -0.25) is 4.79 Å². The molecule has 2 aromatic rings. The standard InChI is InChI=1S/C19H22FNO4/c1-3-24-9-10-25-13-14-5-4-6-15(11-14)21-19(22)17-8-7-16(23-2)12-18(17)20/h4-8,11-12H,3,9-10,13H2,1-2H3,(H,21,22). The predicted molar refractivity (Wildman–Crippen MR) is 93.5 cm³/mol. The molecule has 2 aromatic carbocycles. The highest BCUT2D eigenvalue weighted by Crippen LogP contribution is 2.18. The first-order valence-corrected chi connectivity index (χ1v) is 8.03. The zero-order valence-electron chi connectivity index (χ0n) is 14.4. The van der Waals surface area contributed by atoms with Gasteiger partial charge in [0, 0.05) is 18.4 Å². The predicted octanol–water partition coefficient (Wildman–Crippen LogP) is 3.64. The van der Waals surface area contributed by atoms with Crippen LogP contribution in [-0.2, 0) is 16.1 Å². The summed E-state index contributed by atoms with van der Waals surface area (Å²) in [5.74, 6) is -0.790. The molecule has 0 atom stereocenters. The van der Waals surface area contributed by atoms with E-state index in [1.807, 2.05) is 13.0 Å². The molecule has 0 aliphatic heterocycles. The lowest BCUT2D eigenvalue weighted by molar-refractivity contribution is 0.0453. The Balaban J connectivity index is 1.95. The Morgan fingerprint density at radius 1 is 1.12 bits per heavy atom. The van der Waals surface area contributed by atoms with Crippen LogP contribution in [0.3, 0.4) is 0 Å². The maximum absolute atomic E-state index is 14.0. The molecule has 0 saturated carbocycles. The number of hydrogen-bond donors (Lipinski definition) is 1. The Morgan fingerprint density at radius 3 is 2.64 bits per heavy atom. The monoisotopic (exact) mass is 347 g/mol. The lowest BCUT2D eigenvalue weighted by Crippen LogP contribution is -2.14. The number of ether oxygens (including phenoxy) is 3. The highest BCUT2D eigenvalue weighted by Gasteiger charge is 2.13. The molecule has 5 nitrogen and oxygen atoms in total. The van der Waals surface area contributed by atoms with Crippen molar-refractivity contribution in [1.82, 2.24) is 0 Å². The zero-order chi connectivity index (χ0) is 18.1. The van der Waals surface area contributed by atoms with Crippen molar-refractivity contribution in [3.63, 3.8) is 0 Å². The summed E-state index contributed by atoms with van der Waals surface area (Å²) in [6.07, 6.45) is 0. The van der Waals surface area contributed by atoms with E-state index in [1.165, 1.54) is 19.2 Å². The highest BCUT2D eigenvalue weighted by molar-refractivity contribution is 6.04. The number of hydrogen-bond acceptors (Lipinski definition) is 4. The first-order chi connectivity index (χ1) is 12.1. The molecule has 0 spiro atoms. The minimum atomic E-state index is -0.632. The van der Waals surface area contributed by atoms with Crippen LogP contribution in [0.4, 0.5) is 10.1 Å². The van der Waals surface area contributed by atoms with E-state index >= 15 is 0 Å². The van der Waals surface area contributed by atoms with Gasteiger partial charge in [-0.1, -0.05) is 12.1 Å². The molecule has 25 heavy (non-hydrogen) atoms. The zero-order valence-corrected chi connectivity index (χ0v) is 14.4. The van der Waals surface area contributed by atoms with Gasteiger partial charge in [-0.15, -0.1) is 0 Å². The highest BCUT2D eigenvalue weighted by atomic mass is 19.1. The first-order valence-electron chi connectivity index (χ1n) is 8.03. The van der Waals surface area contributed by atoms with Crippen LogP contribution >= 0.6 is 0 Å². The maximum Gasteiger partial charge on any atom is 0.258 e. The van der Waals surface area contributed by atoms with E-state index in [0.29, 0.717) is 37.9 Å². The minimum Gasteiger partial charge on any atom is -0.497 e. The topological polar surface area (TPSA) is 56.8 Å². The number of halogens is 1. The van der Waals surface area contributed by atoms with Crippen molar-refractivity contribution in [2.75, 3.05) is 32.2 Å². The molecule has 0 unspecified atom stereocenters. The van der Waals surface area contributed by atoms with Gasteiger partial charge in [0.2, 0.25) is 0 Å². The van der Waals surface area contributed by atoms with Gasteiger partial charge in [0.1, 0.15) is 11.6 Å². The Labute approximate surface area is 146 Å². The van der Waals surface area contributed by atoms with Gasteiger partial charge in [0.05, 0.1) is 32.5 Å². The first kappa shape index (κ1) is 18.9. The van der Waals surface area contributed by atoms with Gasteiger partial charge in [-0.05, 0) is 36.8 Å². The lowest BCUT2D eigenvalue weighted by atomic mass is 10.1. The van der Waals surface area contributed by atoms with Gasteiger partial charge >= 0.3 is 0 Å². The van der Waals surface area contributed by atoms with Gasteiger partial charge in [0.25, 0.3) is 5.91 Å². The van der Waals surface area contributed by atoms with Gasteiger partial charge in [-0.25, -0.2) is 4.39 Å². The maximum atomic E-state index is 14.0. The van der Waals surface area contributed by atoms with Gasteiger partial charge in [0.15, 0.2) is 0 Å². The molecule has 0 aliphatic carbocycles. The minimum absolute atomic E-state index is 0.0424. The molecular formula is C19H22FNO4. The van der Waals surface area contributed by atoms with Crippen molar-refractivity contribution in [2.24, 2.45) is 0 Å². The Morgan fingerprint density at radius 2 is 1.92 bits per heavy atom. The largest absolute Gasteiger partial charge is 0.497 e. The van der Waals surface area contributed by atoms with Crippen LogP contribution in [0, 0.1) is 5.82 Å². The lowest BCUT2D eigenvalue weighted by Gasteiger charge is -2.09. The number of carbonyl (C=O) groups excluding carboxylic acids is 1. The SMILES string of the molecule is CCOCCOCc1cccc(NC(=O)c2ccc(OC)cc2F)c1. The van der Waals surface area contributed by atoms with Crippen LogP contribution < -0.4 is 10.1 Å². The number of benzene rings is 2. The second kappa shape index (κ2) is 9.76. The molecule has 0 fully saturated rings. The molecule has 0 aromatic heterocycles. The fraction of sp³-hybridized carbons (Fsp3) is 0.316. The number of carbonyl (C=O) groups is 1. The average Bonchev–Trinajstić information content (AvgIpc) is 2.61. The molecule has 6 heteroatoms. The summed E-state index contributed by atoms with van der Waals surface area (Å²) in [6, 6.07) is 11.3. The third kappa shape index (κ3) is 5.85. The summed E-state index contributed by atoms with van der Waals surface area (Å²) < 4.78 is 29.6. The average molecular weight is 347 g/mol. The van der Waals surface area contributed by atoms with Crippen molar-refractivity contribution < 1.29 is 23.4 Å². The molecule has 2 rings (SSSR count). The Bertz CT molecular complexity index is 706. The molecule has 0 bridgehead atoms. The van der Waals surface area contributed by atoms with E-state index in [2.05, 4.69) is 5.32 Å². The van der Waals surface area contributed by atoms with E-state index in [4.69, 9.17) is 14.2 Å². The van der Waals surface area contributed by atoms with Crippen molar-refractivity contribution in [1.29, 1.82) is 0 Å². The molecule has 0 aliphatic rings. The smallest absolute Gasteiger partial charge is 0.258 e. The summed E-state index contributed by atoms with van der Waals surface area (Å²) >= 11 is 0. The fourth-order valence-electron chi connectivity index (χ4n) is 2.20. The molecule has 0 heterocycles. The van der Waals surface area contributed by atoms with Crippen molar-refractivity contribution in [3.05, 3.63) is 59.4 Å². The van der Waals surface area contributed by atoms with Crippen LogP contribution in [-0.4, -0.2) is 32.8 Å². The van der Waals surface area contributed by atoms with Crippen molar-refractivity contribution in [2.45, 2.75) is 13.5 Å². The molecule has 134 valence electrons. The van der Waals surface area contributed by atoms with Crippen LogP contribution in [0.25, 0.3) is 0 Å². The summed E-state index contributed by atoms with van der Waals surface area (Å²) in [6.45, 7) is 4.05. The number of anilines is 1. The second-order valence-corrected chi connectivity index (χ2v) is 5.25. The van der Waals surface area contributed by atoms with E-state index in [0.717, 1.165) is 5.56 Å². The van der Waals surface area contributed by atoms with Gasteiger partial charge < -0.3 is 19.5 Å². The van der Waals surface area contributed by atoms with Crippen LogP contribution in [0.1, 0.15) is 22.8 Å². The molecule has 1 amide bonds. The third-order valence-corrected chi connectivity index (χ3v) is 3.45. The number of nitrogens with one attached hydrogen (secondary N) is 1. The number of amides is 1. The van der Waals surface area contributed by atoms with Crippen LogP contribution in [0.5, 0.6) is 5.75 Å². The van der Waals surface area contributed by atoms with E-state index < -0.39 is 11.7 Å². The molecule has 1 N–H and O–H groups in total. The van der Waals surface area contributed by atoms with Crippen molar-refractivity contribution >= 4 is 11.6 Å². The number of rotatable bonds is 9. The summed E-state index contributed by atoms with van der Waals surface area (Å²) in [5, 5.41) is 2.69. The third-order valence-electron chi connectivity index (χ3n) is 3.45. The molecular weight excluding hydrogens is 325 g/mol. The second-order valence-electron chi connectivity index (χ2n) is 5.25. The van der Waals surface area contributed by atoms with Crippen LogP contribution in [0.2, 0.25) is 0 Å². The normalized spacial score (nSPS) is 10.5. The van der Waals surface area contributed by atoms with E-state index in [-0.39, 0.29) is 5.56 Å². The molecule has 0 radical (unpaired) electrons. The fourth-order valence-corrected chi connectivity index (χ4v) is 2.20. The summed E-state index contributed by atoms with van der Waals surface area (Å²) in [4.78, 5) is 12.2. The Hall–Kier alpha value is -2.44. The van der Waals surface area contributed by atoms with Crippen LogP contribution in [0.15, 0.2) is 42.5 Å². The summed E-state index contributed by atoms with van der Waals surface area (Å²) in [7, 11) is 1.44. The Kier molecular flexibility index (Phi) is 7.37.